The standard InChI is InChI=1S/C22H30N2O3/c1-2-17-8-10-18(11-9-17)20(25)24-19(21(26)23-14-6-7-15-23)16-27-22(24)12-4-3-5-13-22/h8-11,19H,2-7,12-16H2,1H3/t19-/m1/s1. The number of likely N-dealkylation sites (tertiary alicyclic amines) is 1. The number of ether oxygens (including phenoxy) is 1. The second-order valence-electron chi connectivity index (χ2n) is 8.09. The first-order valence-electron chi connectivity index (χ1n) is 10.5. The number of hydrogen-bond donors (Lipinski definition) is 0. The van der Waals surface area contributed by atoms with E-state index in [0.29, 0.717) is 12.2 Å². The van der Waals surface area contributed by atoms with E-state index >= 15 is 0 Å². The number of amides is 2. The highest BCUT2D eigenvalue weighted by Crippen LogP contribution is 2.41. The second-order valence-corrected chi connectivity index (χ2v) is 8.09. The van der Waals surface area contributed by atoms with Crippen LogP contribution < -0.4 is 0 Å². The summed E-state index contributed by atoms with van der Waals surface area (Å²) in [6, 6.07) is 7.32. The molecule has 2 amide bonds. The fraction of sp³-hybridized carbons (Fsp3) is 0.636. The third-order valence-corrected chi connectivity index (χ3v) is 6.43. The molecule has 0 bridgehead atoms. The van der Waals surface area contributed by atoms with E-state index in [2.05, 4.69) is 6.92 Å². The number of carbonyl (C=O) groups is 2. The Morgan fingerprint density at radius 2 is 1.70 bits per heavy atom. The van der Waals surface area contributed by atoms with Crippen LogP contribution >= 0.6 is 0 Å². The van der Waals surface area contributed by atoms with Gasteiger partial charge in [-0.15, -0.1) is 0 Å². The number of rotatable bonds is 3. The summed E-state index contributed by atoms with van der Waals surface area (Å²) in [6.45, 7) is 4.03. The Bertz CT molecular complexity index is 688. The van der Waals surface area contributed by atoms with Crippen LogP contribution in [0.5, 0.6) is 0 Å². The summed E-state index contributed by atoms with van der Waals surface area (Å²) >= 11 is 0. The SMILES string of the molecule is CCc1ccc(C(=O)N2[C@@H](C(=O)N3CCCC3)COC23CCCCC3)cc1. The van der Waals surface area contributed by atoms with Crippen LogP contribution in [0.4, 0.5) is 0 Å². The highest BCUT2D eigenvalue weighted by molar-refractivity contribution is 5.98. The summed E-state index contributed by atoms with van der Waals surface area (Å²) in [7, 11) is 0. The minimum absolute atomic E-state index is 0.0606. The molecule has 1 atom stereocenters. The monoisotopic (exact) mass is 370 g/mol. The van der Waals surface area contributed by atoms with Crippen molar-refractivity contribution in [3.63, 3.8) is 0 Å². The smallest absolute Gasteiger partial charge is 0.256 e. The lowest BCUT2D eigenvalue weighted by Crippen LogP contribution is -2.56. The third-order valence-electron chi connectivity index (χ3n) is 6.43. The van der Waals surface area contributed by atoms with Crippen molar-refractivity contribution in [3.05, 3.63) is 35.4 Å². The number of nitrogens with zero attached hydrogens (tertiary/aromatic N) is 2. The van der Waals surface area contributed by atoms with Crippen LogP contribution in [0.3, 0.4) is 0 Å². The van der Waals surface area contributed by atoms with E-state index in [1.54, 1.807) is 0 Å². The molecule has 1 aromatic rings. The molecule has 5 heteroatoms. The van der Waals surface area contributed by atoms with E-state index in [4.69, 9.17) is 4.74 Å². The van der Waals surface area contributed by atoms with Gasteiger partial charge in [0.25, 0.3) is 5.91 Å². The van der Waals surface area contributed by atoms with E-state index in [0.717, 1.165) is 58.0 Å². The maximum Gasteiger partial charge on any atom is 0.256 e. The molecular formula is C22H30N2O3. The molecule has 4 rings (SSSR count). The normalized spacial score (nSPS) is 24.6. The third kappa shape index (κ3) is 3.38. The lowest BCUT2D eigenvalue weighted by molar-refractivity contribution is -0.136. The summed E-state index contributed by atoms with van der Waals surface area (Å²) in [5, 5.41) is 0. The van der Waals surface area contributed by atoms with Gasteiger partial charge in [-0.25, -0.2) is 0 Å². The largest absolute Gasteiger partial charge is 0.353 e. The van der Waals surface area contributed by atoms with Crippen molar-refractivity contribution < 1.29 is 14.3 Å². The molecule has 0 radical (unpaired) electrons. The van der Waals surface area contributed by atoms with Crippen LogP contribution in [0.1, 0.15) is 67.8 Å². The van der Waals surface area contributed by atoms with Gasteiger partial charge < -0.3 is 9.64 Å². The second kappa shape index (κ2) is 7.63. The number of carbonyl (C=O) groups excluding carboxylic acids is 2. The zero-order valence-electron chi connectivity index (χ0n) is 16.3. The van der Waals surface area contributed by atoms with Gasteiger partial charge in [0.15, 0.2) is 0 Å². The van der Waals surface area contributed by atoms with Crippen molar-refractivity contribution in [3.8, 4) is 0 Å². The first-order chi connectivity index (χ1) is 13.1. The van der Waals surface area contributed by atoms with E-state index in [1.165, 1.54) is 12.0 Å². The van der Waals surface area contributed by atoms with Crippen molar-refractivity contribution in [1.82, 2.24) is 9.80 Å². The van der Waals surface area contributed by atoms with E-state index in [1.807, 2.05) is 34.1 Å². The molecule has 5 nitrogen and oxygen atoms in total. The summed E-state index contributed by atoms with van der Waals surface area (Å²) in [4.78, 5) is 30.4. The summed E-state index contributed by atoms with van der Waals surface area (Å²) in [5.41, 5.74) is 1.27. The average molecular weight is 370 g/mol. The van der Waals surface area contributed by atoms with Gasteiger partial charge in [0.2, 0.25) is 5.91 Å². The topological polar surface area (TPSA) is 49.9 Å². The Hall–Kier alpha value is -1.88. The lowest BCUT2D eigenvalue weighted by Gasteiger charge is -2.42. The van der Waals surface area contributed by atoms with Crippen LogP contribution in [0, 0.1) is 0 Å². The summed E-state index contributed by atoms with van der Waals surface area (Å²) in [6.07, 6.45) is 7.97. The molecule has 1 saturated carbocycles. The van der Waals surface area contributed by atoms with Gasteiger partial charge in [0.05, 0.1) is 6.61 Å². The van der Waals surface area contributed by atoms with Crippen LogP contribution in [-0.2, 0) is 16.0 Å². The molecule has 146 valence electrons. The Balaban J connectivity index is 1.64. The van der Waals surface area contributed by atoms with Crippen LogP contribution in [-0.4, -0.2) is 53.1 Å². The van der Waals surface area contributed by atoms with Gasteiger partial charge in [-0.2, -0.15) is 0 Å². The average Bonchev–Trinajstić information content (AvgIpc) is 3.36. The van der Waals surface area contributed by atoms with Gasteiger partial charge in [-0.05, 0) is 62.6 Å². The first kappa shape index (κ1) is 18.5. The van der Waals surface area contributed by atoms with Crippen LogP contribution in [0.15, 0.2) is 24.3 Å². The van der Waals surface area contributed by atoms with Gasteiger partial charge in [0, 0.05) is 18.7 Å². The molecule has 0 unspecified atom stereocenters. The molecule has 27 heavy (non-hydrogen) atoms. The van der Waals surface area contributed by atoms with Crippen molar-refractivity contribution in [2.24, 2.45) is 0 Å². The fourth-order valence-electron chi connectivity index (χ4n) is 4.83. The van der Waals surface area contributed by atoms with Gasteiger partial charge in [0.1, 0.15) is 11.8 Å². The zero-order valence-corrected chi connectivity index (χ0v) is 16.3. The molecule has 1 aromatic carbocycles. The Labute approximate surface area is 161 Å². The van der Waals surface area contributed by atoms with Gasteiger partial charge >= 0.3 is 0 Å². The Morgan fingerprint density at radius 1 is 1.04 bits per heavy atom. The minimum Gasteiger partial charge on any atom is -0.353 e. The van der Waals surface area contributed by atoms with Crippen LogP contribution in [0.2, 0.25) is 0 Å². The highest BCUT2D eigenvalue weighted by Gasteiger charge is 2.53. The first-order valence-corrected chi connectivity index (χ1v) is 10.5. The predicted octanol–water partition coefficient (Wildman–Crippen LogP) is 3.37. The molecule has 3 fully saturated rings. The molecule has 1 spiro atoms. The molecule has 2 aliphatic heterocycles. The Morgan fingerprint density at radius 3 is 2.33 bits per heavy atom. The molecule has 2 saturated heterocycles. The van der Waals surface area contributed by atoms with Gasteiger partial charge in [-0.1, -0.05) is 25.5 Å². The van der Waals surface area contributed by atoms with Crippen molar-refractivity contribution in [2.45, 2.75) is 70.1 Å². The highest BCUT2D eigenvalue weighted by atomic mass is 16.5. The minimum atomic E-state index is -0.598. The maximum atomic E-state index is 13.5. The van der Waals surface area contributed by atoms with Crippen molar-refractivity contribution in [1.29, 1.82) is 0 Å². The summed E-state index contributed by atoms with van der Waals surface area (Å²) < 4.78 is 6.23. The van der Waals surface area contributed by atoms with E-state index in [9.17, 15) is 9.59 Å². The molecule has 3 aliphatic rings. The van der Waals surface area contributed by atoms with Crippen LogP contribution in [0.25, 0.3) is 0 Å². The zero-order chi connectivity index (χ0) is 18.9. The van der Waals surface area contributed by atoms with Crippen molar-refractivity contribution >= 4 is 11.8 Å². The lowest BCUT2D eigenvalue weighted by atomic mass is 9.89. The number of hydrogen-bond acceptors (Lipinski definition) is 3. The molecular weight excluding hydrogens is 340 g/mol. The predicted molar refractivity (Wildman–Crippen MR) is 103 cm³/mol. The number of aryl methyl sites for hydroxylation is 1. The van der Waals surface area contributed by atoms with E-state index < -0.39 is 11.8 Å². The van der Waals surface area contributed by atoms with Crippen molar-refractivity contribution in [2.75, 3.05) is 19.7 Å². The number of benzene rings is 1. The molecule has 1 aliphatic carbocycles. The molecule has 0 N–H and O–H groups in total. The molecule has 0 aromatic heterocycles. The quantitative estimate of drug-likeness (QED) is 0.820. The Kier molecular flexibility index (Phi) is 5.22. The fourth-order valence-corrected chi connectivity index (χ4v) is 4.83. The van der Waals surface area contributed by atoms with Gasteiger partial charge in [-0.3, -0.25) is 14.5 Å². The maximum absolute atomic E-state index is 13.5. The molecule has 2 heterocycles. The van der Waals surface area contributed by atoms with E-state index in [-0.39, 0.29) is 11.8 Å². The summed E-state index contributed by atoms with van der Waals surface area (Å²) in [5.74, 6) is 0.00285.